The van der Waals surface area contributed by atoms with Crippen LogP contribution >= 0.6 is 0 Å². The lowest BCUT2D eigenvalue weighted by Gasteiger charge is -2.14. The van der Waals surface area contributed by atoms with Crippen molar-refractivity contribution in [2.24, 2.45) is 5.92 Å². The van der Waals surface area contributed by atoms with Crippen LogP contribution in [0.5, 0.6) is 0 Å². The molecule has 0 unspecified atom stereocenters. The predicted molar refractivity (Wildman–Crippen MR) is 45.7 cm³/mol. The molecule has 0 bridgehead atoms. The Bertz CT molecular complexity index is 132. The maximum atomic E-state index is 11.0. The number of aliphatic hydroxyl groups is 1. The van der Waals surface area contributed by atoms with Gasteiger partial charge in [0.1, 0.15) is 0 Å². The second-order valence-electron chi connectivity index (χ2n) is 2.94. The molecule has 0 radical (unpaired) electrons. The number of amides is 1. The second kappa shape index (κ2) is 5.97. The van der Waals surface area contributed by atoms with Gasteiger partial charge in [-0.25, -0.2) is 0 Å². The van der Waals surface area contributed by atoms with Gasteiger partial charge in [-0.2, -0.15) is 0 Å². The zero-order chi connectivity index (χ0) is 9.56. The molecule has 0 aliphatic rings. The lowest BCUT2D eigenvalue weighted by atomic mass is 10.2. The van der Waals surface area contributed by atoms with Gasteiger partial charge in [-0.15, -0.1) is 0 Å². The first-order chi connectivity index (χ1) is 5.61. The van der Waals surface area contributed by atoms with Crippen LogP contribution in [-0.2, 0) is 9.53 Å². The number of aliphatic hydroxyl groups excluding tert-OH is 1. The summed E-state index contributed by atoms with van der Waals surface area (Å²) >= 11 is 0. The molecular formula is C8H17NO3. The molecular weight excluding hydrogens is 158 g/mol. The SMILES string of the molecule is CO[C@@H](CO)CNC(=O)C(C)C. The number of ether oxygens (including phenoxy) is 1. The molecule has 0 spiro atoms. The van der Waals surface area contributed by atoms with E-state index in [1.165, 1.54) is 7.11 Å². The highest BCUT2D eigenvalue weighted by molar-refractivity contribution is 5.77. The van der Waals surface area contributed by atoms with Gasteiger partial charge < -0.3 is 15.2 Å². The quantitative estimate of drug-likeness (QED) is 0.606. The smallest absolute Gasteiger partial charge is 0.222 e. The number of hydrogen-bond acceptors (Lipinski definition) is 3. The molecule has 0 aromatic heterocycles. The molecule has 2 N–H and O–H groups in total. The van der Waals surface area contributed by atoms with E-state index in [1.807, 2.05) is 13.8 Å². The summed E-state index contributed by atoms with van der Waals surface area (Å²) in [6.45, 7) is 3.92. The van der Waals surface area contributed by atoms with Gasteiger partial charge in [0, 0.05) is 19.6 Å². The van der Waals surface area contributed by atoms with Crippen molar-refractivity contribution in [3.63, 3.8) is 0 Å². The fourth-order valence-electron chi connectivity index (χ4n) is 0.641. The minimum atomic E-state index is -0.298. The molecule has 4 nitrogen and oxygen atoms in total. The van der Waals surface area contributed by atoms with Crippen molar-refractivity contribution in [3.05, 3.63) is 0 Å². The Hall–Kier alpha value is -0.610. The van der Waals surface area contributed by atoms with Gasteiger partial charge in [0.25, 0.3) is 0 Å². The van der Waals surface area contributed by atoms with E-state index in [9.17, 15) is 4.79 Å². The van der Waals surface area contributed by atoms with Crippen LogP contribution < -0.4 is 5.32 Å². The van der Waals surface area contributed by atoms with E-state index < -0.39 is 0 Å². The highest BCUT2D eigenvalue weighted by Gasteiger charge is 2.09. The number of methoxy groups -OCH3 is 1. The fourth-order valence-corrected chi connectivity index (χ4v) is 0.641. The minimum Gasteiger partial charge on any atom is -0.394 e. The Morgan fingerprint density at radius 3 is 2.50 bits per heavy atom. The molecule has 72 valence electrons. The Morgan fingerprint density at radius 1 is 1.58 bits per heavy atom. The summed E-state index contributed by atoms with van der Waals surface area (Å²) in [4.78, 5) is 11.0. The molecule has 0 aromatic carbocycles. The normalized spacial score (nSPS) is 13.1. The summed E-state index contributed by atoms with van der Waals surface area (Å²) in [5.41, 5.74) is 0. The largest absolute Gasteiger partial charge is 0.394 e. The van der Waals surface area contributed by atoms with Gasteiger partial charge in [-0.1, -0.05) is 13.8 Å². The molecule has 0 aromatic rings. The maximum Gasteiger partial charge on any atom is 0.222 e. The molecule has 0 saturated carbocycles. The van der Waals surface area contributed by atoms with Gasteiger partial charge >= 0.3 is 0 Å². The van der Waals surface area contributed by atoms with Crippen molar-refractivity contribution < 1.29 is 14.6 Å². The van der Waals surface area contributed by atoms with E-state index in [4.69, 9.17) is 9.84 Å². The van der Waals surface area contributed by atoms with Crippen LogP contribution in [0.4, 0.5) is 0 Å². The molecule has 1 atom stereocenters. The highest BCUT2D eigenvalue weighted by atomic mass is 16.5. The van der Waals surface area contributed by atoms with Crippen molar-refractivity contribution in [3.8, 4) is 0 Å². The number of carbonyl (C=O) groups excluding carboxylic acids is 1. The summed E-state index contributed by atoms with van der Waals surface area (Å²) in [7, 11) is 1.50. The molecule has 0 heterocycles. The van der Waals surface area contributed by atoms with E-state index in [0.29, 0.717) is 6.54 Å². The average Bonchev–Trinajstić information content (AvgIpc) is 2.05. The van der Waals surface area contributed by atoms with Crippen LogP contribution in [0.15, 0.2) is 0 Å². The van der Waals surface area contributed by atoms with Crippen molar-refractivity contribution in [1.82, 2.24) is 5.32 Å². The summed E-state index contributed by atoms with van der Waals surface area (Å²) in [5, 5.41) is 11.4. The first-order valence-electron chi connectivity index (χ1n) is 4.03. The Kier molecular flexibility index (Phi) is 5.66. The van der Waals surface area contributed by atoms with E-state index in [-0.39, 0.29) is 24.5 Å². The number of nitrogens with one attached hydrogen (secondary N) is 1. The number of rotatable bonds is 5. The molecule has 1 amide bonds. The number of carbonyl (C=O) groups is 1. The van der Waals surface area contributed by atoms with E-state index in [1.54, 1.807) is 0 Å². The average molecular weight is 175 g/mol. The predicted octanol–water partition coefficient (Wildman–Crippen LogP) is -0.234. The second-order valence-corrected chi connectivity index (χ2v) is 2.94. The van der Waals surface area contributed by atoms with Gasteiger partial charge in [-0.05, 0) is 0 Å². The van der Waals surface area contributed by atoms with Crippen molar-refractivity contribution in [2.45, 2.75) is 20.0 Å². The molecule has 0 aliphatic carbocycles. The van der Waals surface area contributed by atoms with E-state index >= 15 is 0 Å². The summed E-state index contributed by atoms with van der Waals surface area (Å²) in [6, 6.07) is 0. The van der Waals surface area contributed by atoms with Crippen LogP contribution in [0.3, 0.4) is 0 Å². The summed E-state index contributed by atoms with van der Waals surface area (Å²) < 4.78 is 4.86. The molecule has 4 heteroatoms. The highest BCUT2D eigenvalue weighted by Crippen LogP contribution is 1.91. The van der Waals surface area contributed by atoms with Crippen molar-refractivity contribution in [1.29, 1.82) is 0 Å². The van der Waals surface area contributed by atoms with Crippen LogP contribution in [-0.4, -0.2) is 37.4 Å². The third kappa shape index (κ3) is 4.31. The van der Waals surface area contributed by atoms with Gasteiger partial charge in [0.2, 0.25) is 5.91 Å². The lowest BCUT2D eigenvalue weighted by Crippen LogP contribution is -2.37. The number of hydrogen-bond donors (Lipinski definition) is 2. The first-order valence-corrected chi connectivity index (χ1v) is 4.03. The lowest BCUT2D eigenvalue weighted by molar-refractivity contribution is -0.124. The Morgan fingerprint density at radius 2 is 2.17 bits per heavy atom. The zero-order valence-corrected chi connectivity index (χ0v) is 7.83. The van der Waals surface area contributed by atoms with E-state index in [0.717, 1.165) is 0 Å². The van der Waals surface area contributed by atoms with Crippen molar-refractivity contribution in [2.75, 3.05) is 20.3 Å². The minimum absolute atomic E-state index is 0.0227. The molecule has 0 aliphatic heterocycles. The Labute approximate surface area is 72.9 Å². The standard InChI is InChI=1S/C8H17NO3/c1-6(2)8(11)9-4-7(5-10)12-3/h6-7,10H,4-5H2,1-3H3,(H,9,11)/t7-/m1/s1. The fraction of sp³-hybridized carbons (Fsp3) is 0.875. The third-order valence-corrected chi connectivity index (χ3v) is 1.57. The molecule has 12 heavy (non-hydrogen) atoms. The molecule has 0 saturated heterocycles. The first kappa shape index (κ1) is 11.4. The Balaban J connectivity index is 3.59. The van der Waals surface area contributed by atoms with Crippen LogP contribution in [0.25, 0.3) is 0 Å². The van der Waals surface area contributed by atoms with Crippen molar-refractivity contribution >= 4 is 5.91 Å². The van der Waals surface area contributed by atoms with Gasteiger partial charge in [0.05, 0.1) is 12.7 Å². The van der Waals surface area contributed by atoms with E-state index in [2.05, 4.69) is 5.32 Å². The van der Waals surface area contributed by atoms with Gasteiger partial charge in [0.15, 0.2) is 0 Å². The topological polar surface area (TPSA) is 58.6 Å². The maximum absolute atomic E-state index is 11.0. The van der Waals surface area contributed by atoms with Crippen LogP contribution in [0.1, 0.15) is 13.8 Å². The van der Waals surface area contributed by atoms with Crippen LogP contribution in [0.2, 0.25) is 0 Å². The summed E-state index contributed by atoms with van der Waals surface area (Å²) in [6.07, 6.45) is -0.298. The zero-order valence-electron chi connectivity index (χ0n) is 7.83. The molecule has 0 fully saturated rings. The van der Waals surface area contributed by atoms with Gasteiger partial charge in [-0.3, -0.25) is 4.79 Å². The molecule has 0 rings (SSSR count). The monoisotopic (exact) mass is 175 g/mol. The summed E-state index contributed by atoms with van der Waals surface area (Å²) in [5.74, 6) is -0.0494. The van der Waals surface area contributed by atoms with Crippen LogP contribution in [0, 0.1) is 5.92 Å². The third-order valence-electron chi connectivity index (χ3n) is 1.57.